The molecule has 0 aromatic heterocycles. The first-order valence-corrected chi connectivity index (χ1v) is 5.65. The van der Waals surface area contributed by atoms with Gasteiger partial charge in [-0.15, -0.1) is 0 Å². The van der Waals surface area contributed by atoms with Crippen molar-refractivity contribution in [1.29, 1.82) is 0 Å². The van der Waals surface area contributed by atoms with Gasteiger partial charge in [0.25, 0.3) is 0 Å². The zero-order chi connectivity index (χ0) is 13.5. The Bertz CT molecular complexity index is 428. The monoisotopic (exact) mass is 248 g/mol. The summed E-state index contributed by atoms with van der Waals surface area (Å²) in [6.45, 7) is 1.01. The van der Waals surface area contributed by atoms with Crippen molar-refractivity contribution >= 4 is 17.6 Å². The quantitative estimate of drug-likeness (QED) is 0.515. The molecule has 0 fully saturated rings. The van der Waals surface area contributed by atoms with Crippen LogP contribution < -0.4 is 17.2 Å². The number of aliphatic imine (C=N–C) groups is 2. The molecule has 98 valence electrons. The van der Waals surface area contributed by atoms with Crippen molar-refractivity contribution in [2.24, 2.45) is 27.2 Å². The zero-order valence-electron chi connectivity index (χ0n) is 10.8. The normalized spacial score (nSPS) is 11.6. The standard InChI is InChI=1S/C12H20N6/c1-18(2)8-7-9-3-5-10(6-4-9)16-12(15)17-11(13)14/h3-6H,7-8H2,1-2H3,(H6,13,14,15,16,17). The van der Waals surface area contributed by atoms with Crippen molar-refractivity contribution in [3.8, 4) is 0 Å². The number of rotatable bonds is 4. The van der Waals surface area contributed by atoms with Gasteiger partial charge < -0.3 is 22.1 Å². The number of hydrogen-bond donors (Lipinski definition) is 3. The number of likely N-dealkylation sites (N-methyl/N-ethyl adjacent to an activating group) is 1. The number of benzene rings is 1. The van der Waals surface area contributed by atoms with E-state index in [-0.39, 0.29) is 11.9 Å². The van der Waals surface area contributed by atoms with Crippen molar-refractivity contribution in [1.82, 2.24) is 4.90 Å². The lowest BCUT2D eigenvalue weighted by molar-refractivity contribution is 0.413. The van der Waals surface area contributed by atoms with Gasteiger partial charge >= 0.3 is 0 Å². The summed E-state index contributed by atoms with van der Waals surface area (Å²) >= 11 is 0. The minimum atomic E-state index is -0.0983. The highest BCUT2D eigenvalue weighted by Crippen LogP contribution is 2.13. The lowest BCUT2D eigenvalue weighted by atomic mass is 10.1. The second-order valence-corrected chi connectivity index (χ2v) is 4.23. The van der Waals surface area contributed by atoms with Gasteiger partial charge in [0, 0.05) is 6.54 Å². The molecule has 0 aliphatic rings. The van der Waals surface area contributed by atoms with Crippen LogP contribution in [0.1, 0.15) is 5.56 Å². The minimum absolute atomic E-state index is 0.0519. The number of guanidine groups is 2. The molecule has 0 saturated carbocycles. The van der Waals surface area contributed by atoms with E-state index in [1.807, 2.05) is 24.3 Å². The van der Waals surface area contributed by atoms with Gasteiger partial charge in [-0.2, -0.15) is 4.99 Å². The first kappa shape index (κ1) is 14.0. The summed E-state index contributed by atoms with van der Waals surface area (Å²) in [6.07, 6.45) is 1.00. The molecule has 1 aromatic carbocycles. The summed E-state index contributed by atoms with van der Waals surface area (Å²) in [5, 5.41) is 0. The summed E-state index contributed by atoms with van der Waals surface area (Å²) < 4.78 is 0. The van der Waals surface area contributed by atoms with Crippen LogP contribution in [-0.2, 0) is 6.42 Å². The summed E-state index contributed by atoms with van der Waals surface area (Å²) in [6, 6.07) is 7.82. The molecule has 0 amide bonds. The lowest BCUT2D eigenvalue weighted by Crippen LogP contribution is -2.26. The van der Waals surface area contributed by atoms with E-state index in [0.29, 0.717) is 0 Å². The summed E-state index contributed by atoms with van der Waals surface area (Å²) in [7, 11) is 4.10. The molecule has 0 bridgehead atoms. The number of nitrogens with zero attached hydrogens (tertiary/aromatic N) is 3. The van der Waals surface area contributed by atoms with E-state index in [9.17, 15) is 0 Å². The maximum atomic E-state index is 5.54. The third kappa shape index (κ3) is 5.31. The fourth-order valence-corrected chi connectivity index (χ4v) is 1.38. The Balaban J connectivity index is 2.68. The second kappa shape index (κ2) is 6.61. The Kier molecular flexibility index (Phi) is 5.13. The molecular formula is C12H20N6. The summed E-state index contributed by atoms with van der Waals surface area (Å²) in [5.41, 5.74) is 17.9. The van der Waals surface area contributed by atoms with Crippen LogP contribution in [0, 0.1) is 0 Å². The molecule has 0 unspecified atom stereocenters. The zero-order valence-corrected chi connectivity index (χ0v) is 10.8. The predicted molar refractivity (Wildman–Crippen MR) is 75.8 cm³/mol. The first-order chi connectivity index (χ1) is 8.47. The average Bonchev–Trinajstić information content (AvgIpc) is 2.26. The molecule has 0 atom stereocenters. The van der Waals surface area contributed by atoms with Gasteiger partial charge in [0.15, 0.2) is 5.96 Å². The van der Waals surface area contributed by atoms with Gasteiger partial charge in [-0.3, -0.25) is 0 Å². The van der Waals surface area contributed by atoms with E-state index in [2.05, 4.69) is 29.0 Å². The predicted octanol–water partition coefficient (Wildman–Crippen LogP) is 0.0103. The third-order valence-electron chi connectivity index (χ3n) is 2.27. The Morgan fingerprint density at radius 1 is 1.11 bits per heavy atom. The van der Waals surface area contributed by atoms with Crippen molar-refractivity contribution in [2.45, 2.75) is 6.42 Å². The Labute approximate surface area is 107 Å². The van der Waals surface area contributed by atoms with Crippen molar-refractivity contribution < 1.29 is 0 Å². The Morgan fingerprint density at radius 2 is 1.72 bits per heavy atom. The highest BCUT2D eigenvalue weighted by Gasteiger charge is 1.96. The third-order valence-corrected chi connectivity index (χ3v) is 2.27. The fourth-order valence-electron chi connectivity index (χ4n) is 1.38. The van der Waals surface area contributed by atoms with E-state index < -0.39 is 0 Å². The van der Waals surface area contributed by atoms with E-state index in [1.54, 1.807) is 0 Å². The van der Waals surface area contributed by atoms with E-state index >= 15 is 0 Å². The Morgan fingerprint density at radius 3 is 2.22 bits per heavy atom. The van der Waals surface area contributed by atoms with Crippen LogP contribution in [0.2, 0.25) is 0 Å². The number of nitrogens with two attached hydrogens (primary N) is 3. The highest BCUT2D eigenvalue weighted by molar-refractivity contribution is 5.93. The van der Waals surface area contributed by atoms with Crippen LogP contribution in [0.4, 0.5) is 5.69 Å². The SMILES string of the molecule is CN(C)CCc1ccc(N=C(N)N=C(N)N)cc1. The molecule has 0 heterocycles. The van der Waals surface area contributed by atoms with Crippen molar-refractivity contribution in [2.75, 3.05) is 20.6 Å². The molecular weight excluding hydrogens is 228 g/mol. The largest absolute Gasteiger partial charge is 0.370 e. The highest BCUT2D eigenvalue weighted by atomic mass is 15.1. The van der Waals surface area contributed by atoms with Crippen LogP contribution in [0.3, 0.4) is 0 Å². The lowest BCUT2D eigenvalue weighted by Gasteiger charge is -2.08. The fraction of sp³-hybridized carbons (Fsp3) is 0.333. The first-order valence-electron chi connectivity index (χ1n) is 5.65. The molecule has 6 heteroatoms. The van der Waals surface area contributed by atoms with Gasteiger partial charge in [0.1, 0.15) is 0 Å². The maximum Gasteiger partial charge on any atom is 0.223 e. The molecule has 0 radical (unpaired) electrons. The molecule has 0 aliphatic carbocycles. The van der Waals surface area contributed by atoms with Crippen LogP contribution in [0.15, 0.2) is 34.3 Å². The average molecular weight is 248 g/mol. The number of hydrogen-bond acceptors (Lipinski definition) is 2. The molecule has 0 saturated heterocycles. The van der Waals surface area contributed by atoms with Crippen LogP contribution in [0.5, 0.6) is 0 Å². The van der Waals surface area contributed by atoms with E-state index in [0.717, 1.165) is 18.7 Å². The summed E-state index contributed by atoms with van der Waals surface area (Å²) in [4.78, 5) is 9.86. The molecule has 1 aromatic rings. The van der Waals surface area contributed by atoms with Crippen LogP contribution >= 0.6 is 0 Å². The molecule has 18 heavy (non-hydrogen) atoms. The van der Waals surface area contributed by atoms with Gasteiger partial charge in [-0.1, -0.05) is 12.1 Å². The van der Waals surface area contributed by atoms with Gasteiger partial charge in [-0.05, 0) is 38.2 Å². The van der Waals surface area contributed by atoms with Crippen LogP contribution in [-0.4, -0.2) is 37.5 Å². The smallest absolute Gasteiger partial charge is 0.223 e. The molecule has 0 aliphatic heterocycles. The molecule has 1 rings (SSSR count). The second-order valence-electron chi connectivity index (χ2n) is 4.23. The molecule has 6 nitrogen and oxygen atoms in total. The summed E-state index contributed by atoms with van der Waals surface area (Å²) in [5.74, 6) is -0.0464. The van der Waals surface area contributed by atoms with E-state index in [1.165, 1.54) is 5.56 Å². The van der Waals surface area contributed by atoms with Gasteiger partial charge in [-0.25, -0.2) is 4.99 Å². The molecule has 6 N–H and O–H groups in total. The molecule has 0 spiro atoms. The van der Waals surface area contributed by atoms with Crippen molar-refractivity contribution in [3.63, 3.8) is 0 Å². The van der Waals surface area contributed by atoms with E-state index in [4.69, 9.17) is 17.2 Å². The maximum absolute atomic E-state index is 5.54. The Hall–Kier alpha value is -2.08. The van der Waals surface area contributed by atoms with Gasteiger partial charge in [0.05, 0.1) is 5.69 Å². The van der Waals surface area contributed by atoms with Gasteiger partial charge in [0.2, 0.25) is 5.96 Å². The van der Waals surface area contributed by atoms with Crippen LogP contribution in [0.25, 0.3) is 0 Å². The minimum Gasteiger partial charge on any atom is -0.370 e. The topological polar surface area (TPSA) is 106 Å². The van der Waals surface area contributed by atoms with Crippen molar-refractivity contribution in [3.05, 3.63) is 29.8 Å².